The van der Waals surface area contributed by atoms with E-state index in [9.17, 15) is 9.59 Å². The van der Waals surface area contributed by atoms with E-state index >= 15 is 0 Å². The standard InChI is InChI=1S/C19H22N2O2S/c1-14(2)12-18(22)20-15-8-10-16(11-9-15)21-19(23)13-24-17-6-4-3-5-7-17/h3-11,14H,12-13H2,1-2H3,(H,20,22)(H,21,23). The SMILES string of the molecule is CC(C)CC(=O)Nc1ccc(NC(=O)CSc2ccccc2)cc1. The molecule has 2 rings (SSSR count). The molecule has 0 aromatic heterocycles. The van der Waals surface area contributed by atoms with Crippen molar-refractivity contribution in [3.63, 3.8) is 0 Å². The Hall–Kier alpha value is -2.27. The lowest BCUT2D eigenvalue weighted by Crippen LogP contribution is -2.15. The Morgan fingerprint density at radius 2 is 1.42 bits per heavy atom. The zero-order valence-corrected chi connectivity index (χ0v) is 14.7. The van der Waals surface area contributed by atoms with Crippen molar-refractivity contribution in [3.05, 3.63) is 54.6 Å². The van der Waals surface area contributed by atoms with Crippen LogP contribution < -0.4 is 10.6 Å². The first kappa shape index (κ1) is 18.1. The molecule has 0 fully saturated rings. The van der Waals surface area contributed by atoms with Gasteiger partial charge in [0.05, 0.1) is 5.75 Å². The summed E-state index contributed by atoms with van der Waals surface area (Å²) in [6, 6.07) is 17.0. The van der Waals surface area contributed by atoms with Crippen LogP contribution in [0.15, 0.2) is 59.5 Å². The molecule has 2 N–H and O–H groups in total. The second-order valence-corrected chi connectivity index (χ2v) is 6.92. The normalized spacial score (nSPS) is 10.5. The van der Waals surface area contributed by atoms with Crippen LogP contribution in [0, 0.1) is 5.92 Å². The lowest BCUT2D eigenvalue weighted by Gasteiger charge is -2.09. The first-order chi connectivity index (χ1) is 11.5. The van der Waals surface area contributed by atoms with Crippen molar-refractivity contribution < 1.29 is 9.59 Å². The predicted molar refractivity (Wildman–Crippen MR) is 100 cm³/mol. The van der Waals surface area contributed by atoms with Gasteiger partial charge in [-0.05, 0) is 42.3 Å². The lowest BCUT2D eigenvalue weighted by atomic mass is 10.1. The van der Waals surface area contributed by atoms with Gasteiger partial charge in [0.15, 0.2) is 0 Å². The molecule has 0 unspecified atom stereocenters. The Bertz CT molecular complexity index is 670. The average Bonchev–Trinajstić information content (AvgIpc) is 2.55. The highest BCUT2D eigenvalue weighted by atomic mass is 32.2. The van der Waals surface area contributed by atoms with Gasteiger partial charge >= 0.3 is 0 Å². The van der Waals surface area contributed by atoms with Crippen molar-refractivity contribution in [2.24, 2.45) is 5.92 Å². The quantitative estimate of drug-likeness (QED) is 0.733. The van der Waals surface area contributed by atoms with Gasteiger partial charge in [-0.3, -0.25) is 9.59 Å². The number of hydrogen-bond acceptors (Lipinski definition) is 3. The van der Waals surface area contributed by atoms with Crippen LogP contribution in [0.4, 0.5) is 11.4 Å². The van der Waals surface area contributed by atoms with E-state index in [-0.39, 0.29) is 11.8 Å². The molecular formula is C19H22N2O2S. The summed E-state index contributed by atoms with van der Waals surface area (Å²) in [5, 5.41) is 5.70. The van der Waals surface area contributed by atoms with Gasteiger partial charge < -0.3 is 10.6 Å². The number of hydrogen-bond donors (Lipinski definition) is 2. The predicted octanol–water partition coefficient (Wildman–Crippen LogP) is 4.40. The Balaban J connectivity index is 1.80. The fourth-order valence-electron chi connectivity index (χ4n) is 2.08. The van der Waals surface area contributed by atoms with Crippen LogP contribution in [0.5, 0.6) is 0 Å². The van der Waals surface area contributed by atoms with Crippen LogP contribution in [0.2, 0.25) is 0 Å². The van der Waals surface area contributed by atoms with E-state index in [2.05, 4.69) is 10.6 Å². The van der Waals surface area contributed by atoms with E-state index in [1.54, 1.807) is 24.3 Å². The van der Waals surface area contributed by atoms with Gasteiger partial charge in [-0.2, -0.15) is 0 Å². The van der Waals surface area contributed by atoms with E-state index in [4.69, 9.17) is 0 Å². The van der Waals surface area contributed by atoms with E-state index in [1.165, 1.54) is 11.8 Å². The first-order valence-corrected chi connectivity index (χ1v) is 8.89. The summed E-state index contributed by atoms with van der Waals surface area (Å²) in [6.07, 6.45) is 0.495. The van der Waals surface area contributed by atoms with E-state index < -0.39 is 0 Å². The van der Waals surface area contributed by atoms with Crippen LogP contribution in [-0.4, -0.2) is 17.6 Å². The molecule has 0 atom stereocenters. The van der Waals surface area contributed by atoms with Crippen LogP contribution in [-0.2, 0) is 9.59 Å². The molecule has 0 aliphatic carbocycles. The minimum absolute atomic E-state index is 0.000969. The van der Waals surface area contributed by atoms with Gasteiger partial charge in [0, 0.05) is 22.7 Å². The summed E-state index contributed by atoms with van der Waals surface area (Å²) < 4.78 is 0. The molecule has 2 aromatic carbocycles. The Morgan fingerprint density at radius 1 is 0.875 bits per heavy atom. The molecule has 0 saturated carbocycles. The second-order valence-electron chi connectivity index (χ2n) is 5.87. The molecule has 0 radical (unpaired) electrons. The lowest BCUT2D eigenvalue weighted by molar-refractivity contribution is -0.117. The molecule has 24 heavy (non-hydrogen) atoms. The van der Waals surface area contributed by atoms with Gasteiger partial charge in [0.1, 0.15) is 0 Å². The summed E-state index contributed by atoms with van der Waals surface area (Å²) in [7, 11) is 0. The molecule has 2 amide bonds. The van der Waals surface area contributed by atoms with Gasteiger partial charge in [-0.15, -0.1) is 11.8 Å². The highest BCUT2D eigenvalue weighted by molar-refractivity contribution is 8.00. The maximum atomic E-state index is 12.0. The molecular weight excluding hydrogens is 320 g/mol. The zero-order chi connectivity index (χ0) is 17.4. The molecule has 126 valence electrons. The van der Waals surface area contributed by atoms with E-state index in [1.807, 2.05) is 44.2 Å². The number of carbonyl (C=O) groups excluding carboxylic acids is 2. The molecule has 2 aromatic rings. The summed E-state index contributed by atoms with van der Waals surface area (Å²) in [5.74, 6) is 0.629. The van der Waals surface area contributed by atoms with E-state index in [0.29, 0.717) is 18.1 Å². The van der Waals surface area contributed by atoms with Gasteiger partial charge in [0.25, 0.3) is 0 Å². The molecule has 4 nitrogen and oxygen atoms in total. The van der Waals surface area contributed by atoms with Gasteiger partial charge in [-0.1, -0.05) is 32.0 Å². The molecule has 0 aliphatic heterocycles. The van der Waals surface area contributed by atoms with Crippen molar-refractivity contribution in [2.75, 3.05) is 16.4 Å². The van der Waals surface area contributed by atoms with Crippen molar-refractivity contribution in [3.8, 4) is 0 Å². The minimum atomic E-state index is -0.0551. The number of amides is 2. The van der Waals surface area contributed by atoms with Crippen molar-refractivity contribution >= 4 is 35.0 Å². The highest BCUT2D eigenvalue weighted by Gasteiger charge is 2.06. The fraction of sp³-hybridized carbons (Fsp3) is 0.263. The Kier molecular flexibility index (Phi) is 6.88. The summed E-state index contributed by atoms with van der Waals surface area (Å²) >= 11 is 1.50. The number of benzene rings is 2. The zero-order valence-electron chi connectivity index (χ0n) is 13.9. The van der Waals surface area contributed by atoms with Gasteiger partial charge in [0.2, 0.25) is 11.8 Å². The highest BCUT2D eigenvalue weighted by Crippen LogP contribution is 2.18. The maximum absolute atomic E-state index is 12.0. The summed E-state index contributed by atoms with van der Waals surface area (Å²) in [5.41, 5.74) is 1.45. The fourth-order valence-corrected chi connectivity index (χ4v) is 2.80. The number of carbonyl (C=O) groups is 2. The molecule has 0 saturated heterocycles. The van der Waals surface area contributed by atoms with Crippen LogP contribution in [0.25, 0.3) is 0 Å². The van der Waals surface area contributed by atoms with Crippen LogP contribution >= 0.6 is 11.8 Å². The molecule has 5 heteroatoms. The smallest absolute Gasteiger partial charge is 0.234 e. The monoisotopic (exact) mass is 342 g/mol. The summed E-state index contributed by atoms with van der Waals surface area (Å²) in [6.45, 7) is 4.01. The number of thioether (sulfide) groups is 1. The number of rotatable bonds is 7. The maximum Gasteiger partial charge on any atom is 0.234 e. The molecule has 0 spiro atoms. The third-order valence-electron chi connectivity index (χ3n) is 3.16. The number of anilines is 2. The van der Waals surface area contributed by atoms with Crippen molar-refractivity contribution in [1.82, 2.24) is 0 Å². The largest absolute Gasteiger partial charge is 0.326 e. The van der Waals surface area contributed by atoms with Crippen LogP contribution in [0.3, 0.4) is 0 Å². The van der Waals surface area contributed by atoms with Crippen LogP contribution in [0.1, 0.15) is 20.3 Å². The van der Waals surface area contributed by atoms with Gasteiger partial charge in [-0.25, -0.2) is 0 Å². The number of nitrogens with one attached hydrogen (secondary N) is 2. The first-order valence-electron chi connectivity index (χ1n) is 7.90. The summed E-state index contributed by atoms with van der Waals surface area (Å²) in [4.78, 5) is 24.8. The average molecular weight is 342 g/mol. The van der Waals surface area contributed by atoms with Crippen molar-refractivity contribution in [1.29, 1.82) is 0 Å². The molecule has 0 bridgehead atoms. The molecule has 0 heterocycles. The topological polar surface area (TPSA) is 58.2 Å². The van der Waals surface area contributed by atoms with E-state index in [0.717, 1.165) is 16.3 Å². The Labute approximate surface area is 147 Å². The van der Waals surface area contributed by atoms with Crippen molar-refractivity contribution in [2.45, 2.75) is 25.2 Å². The molecule has 0 aliphatic rings. The Morgan fingerprint density at radius 3 is 1.96 bits per heavy atom. The second kappa shape index (κ2) is 9.13. The third-order valence-corrected chi connectivity index (χ3v) is 4.17. The third kappa shape index (κ3) is 6.46. The minimum Gasteiger partial charge on any atom is -0.326 e.